The second-order valence-electron chi connectivity index (χ2n) is 13.5. The molecule has 1 aromatic heterocycles. The first-order valence-corrected chi connectivity index (χ1v) is 19.8. The van der Waals surface area contributed by atoms with Gasteiger partial charge in [0.15, 0.2) is 0 Å². The summed E-state index contributed by atoms with van der Waals surface area (Å²) in [6, 6.07) is 19.8. The molecular formula is C38H45ClN6O3S. The smallest absolute Gasteiger partial charge is 0.251 e. The maximum Gasteiger partial charge on any atom is 0.251 e. The number of aryl methyl sites for hydroxylation is 2. The van der Waals surface area contributed by atoms with E-state index < -0.39 is 10.0 Å². The number of halogens is 1. The van der Waals surface area contributed by atoms with Crippen molar-refractivity contribution in [2.24, 2.45) is 0 Å². The van der Waals surface area contributed by atoms with E-state index >= 15 is 0 Å². The molecule has 1 amide bonds. The van der Waals surface area contributed by atoms with Gasteiger partial charge in [-0.05, 0) is 105 Å². The van der Waals surface area contributed by atoms with Crippen LogP contribution in [-0.2, 0) is 42.4 Å². The Balaban J connectivity index is 1.09. The molecule has 0 spiro atoms. The minimum absolute atomic E-state index is 0.142. The molecule has 49 heavy (non-hydrogen) atoms. The fourth-order valence-electron chi connectivity index (χ4n) is 7.60. The lowest BCUT2D eigenvalue weighted by Crippen LogP contribution is -2.35. The number of rotatable bonds is 12. The summed E-state index contributed by atoms with van der Waals surface area (Å²) >= 11 is 6.79. The number of amides is 1. The Hall–Kier alpha value is -3.70. The summed E-state index contributed by atoms with van der Waals surface area (Å²) in [5.41, 5.74) is 9.89. The molecule has 0 radical (unpaired) electrons. The van der Waals surface area contributed by atoms with Crippen LogP contribution in [0.4, 0.5) is 5.69 Å². The number of sulfonamides is 1. The van der Waals surface area contributed by atoms with Crippen LogP contribution < -0.4 is 10.6 Å². The Bertz CT molecular complexity index is 1950. The average molecular weight is 701 g/mol. The molecule has 7 rings (SSSR count). The number of fused-ring (bicyclic) bond motifs is 2. The number of carbonyl (C=O) groups is 1. The van der Waals surface area contributed by atoms with Crippen molar-refractivity contribution >= 4 is 33.2 Å². The monoisotopic (exact) mass is 700 g/mol. The molecule has 4 aromatic rings. The molecule has 258 valence electrons. The first kappa shape index (κ1) is 33.8. The van der Waals surface area contributed by atoms with Gasteiger partial charge in [-0.2, -0.15) is 9.40 Å². The predicted octanol–water partition coefficient (Wildman–Crippen LogP) is 6.00. The minimum atomic E-state index is -3.36. The summed E-state index contributed by atoms with van der Waals surface area (Å²) in [5, 5.41) is 12.2. The van der Waals surface area contributed by atoms with Crippen molar-refractivity contribution in [2.75, 3.05) is 50.8 Å². The van der Waals surface area contributed by atoms with Crippen molar-refractivity contribution in [2.45, 2.75) is 58.0 Å². The van der Waals surface area contributed by atoms with Crippen molar-refractivity contribution < 1.29 is 13.2 Å². The summed E-state index contributed by atoms with van der Waals surface area (Å²) < 4.78 is 28.8. The Labute approximate surface area is 294 Å². The van der Waals surface area contributed by atoms with Gasteiger partial charge in [0.1, 0.15) is 0 Å². The Morgan fingerprint density at radius 3 is 2.55 bits per heavy atom. The zero-order chi connectivity index (χ0) is 34.0. The molecule has 3 aromatic carbocycles. The van der Waals surface area contributed by atoms with Crippen LogP contribution in [0.15, 0.2) is 60.7 Å². The molecule has 0 unspecified atom stereocenters. The maximum absolute atomic E-state index is 13.2. The highest BCUT2D eigenvalue weighted by Crippen LogP contribution is 2.36. The van der Waals surface area contributed by atoms with Crippen LogP contribution in [0.2, 0.25) is 5.02 Å². The van der Waals surface area contributed by atoms with Crippen LogP contribution in [0.1, 0.15) is 58.4 Å². The quantitative estimate of drug-likeness (QED) is 0.176. The van der Waals surface area contributed by atoms with Crippen LogP contribution in [0.3, 0.4) is 0 Å². The lowest BCUT2D eigenvalue weighted by atomic mass is 9.97. The fourth-order valence-corrected chi connectivity index (χ4v) is 8.61. The van der Waals surface area contributed by atoms with E-state index in [0.717, 1.165) is 84.8 Å². The van der Waals surface area contributed by atoms with Crippen molar-refractivity contribution in [3.63, 3.8) is 0 Å². The van der Waals surface area contributed by atoms with E-state index in [-0.39, 0.29) is 5.91 Å². The van der Waals surface area contributed by atoms with E-state index in [1.54, 1.807) is 0 Å². The molecule has 2 aliphatic heterocycles. The molecule has 0 bridgehead atoms. The van der Waals surface area contributed by atoms with Gasteiger partial charge in [-0.15, -0.1) is 0 Å². The van der Waals surface area contributed by atoms with Gasteiger partial charge < -0.3 is 15.5 Å². The third-order valence-corrected chi connectivity index (χ3v) is 11.7. The van der Waals surface area contributed by atoms with Gasteiger partial charge in [-0.25, -0.2) is 8.42 Å². The standard InChI is InChI=1S/C38H45ClN6O3S/c1-49(47,48)44-23-16-36-33(26-44)37(42-45(36)22-7-21-43-19-2-3-20-43)29-14-15-34(39)32(25-29)28-10-4-11-30(24-28)38(46)41-18-17-40-35-13-6-9-27-8-5-12-31(27)35/h4,6,9-11,13-15,24-25,40H,2-3,5,7-8,12,16-23,26H2,1H3,(H,41,46). The molecular weight excluding hydrogens is 656 g/mol. The van der Waals surface area contributed by atoms with Crippen LogP contribution in [-0.4, -0.2) is 78.8 Å². The Morgan fingerprint density at radius 1 is 0.878 bits per heavy atom. The van der Waals surface area contributed by atoms with Crippen LogP contribution >= 0.6 is 11.6 Å². The minimum Gasteiger partial charge on any atom is -0.383 e. The number of hydrogen-bond acceptors (Lipinski definition) is 6. The van der Waals surface area contributed by atoms with Gasteiger partial charge in [-0.3, -0.25) is 9.48 Å². The first-order chi connectivity index (χ1) is 23.7. The molecule has 3 heterocycles. The number of hydrogen-bond donors (Lipinski definition) is 2. The highest BCUT2D eigenvalue weighted by atomic mass is 35.5. The van der Waals surface area contributed by atoms with Crippen molar-refractivity contribution in [1.82, 2.24) is 24.3 Å². The number of likely N-dealkylation sites (tertiary alicyclic amines) is 1. The van der Waals surface area contributed by atoms with E-state index in [1.807, 2.05) is 42.5 Å². The molecule has 9 nitrogen and oxygen atoms in total. The van der Waals surface area contributed by atoms with Crippen LogP contribution in [0.5, 0.6) is 0 Å². The van der Waals surface area contributed by atoms with Gasteiger partial charge in [0, 0.05) is 77.8 Å². The molecule has 1 saturated heterocycles. The van der Waals surface area contributed by atoms with Gasteiger partial charge in [-0.1, -0.05) is 41.9 Å². The number of nitrogens with zero attached hydrogens (tertiary/aromatic N) is 4. The molecule has 11 heteroatoms. The van der Waals surface area contributed by atoms with Crippen molar-refractivity contribution in [3.05, 3.63) is 93.6 Å². The topological polar surface area (TPSA) is 99.6 Å². The summed E-state index contributed by atoms with van der Waals surface area (Å²) in [6.07, 6.45) is 8.85. The molecule has 1 fully saturated rings. The van der Waals surface area contributed by atoms with Gasteiger partial charge in [0.2, 0.25) is 10.0 Å². The normalized spacial score (nSPS) is 16.4. The largest absolute Gasteiger partial charge is 0.383 e. The van der Waals surface area contributed by atoms with Gasteiger partial charge >= 0.3 is 0 Å². The summed E-state index contributed by atoms with van der Waals surface area (Å²) in [4.78, 5) is 15.7. The second kappa shape index (κ2) is 14.6. The molecule has 3 aliphatic rings. The second-order valence-corrected chi connectivity index (χ2v) is 15.9. The van der Waals surface area contributed by atoms with E-state index in [0.29, 0.717) is 43.2 Å². The Morgan fingerprint density at radius 2 is 1.71 bits per heavy atom. The van der Waals surface area contributed by atoms with E-state index in [1.165, 1.54) is 41.0 Å². The first-order valence-electron chi connectivity index (χ1n) is 17.5. The Kier molecular flexibility index (Phi) is 10.1. The highest BCUT2D eigenvalue weighted by Gasteiger charge is 2.30. The predicted molar refractivity (Wildman–Crippen MR) is 197 cm³/mol. The van der Waals surface area contributed by atoms with Gasteiger partial charge in [0.05, 0.1) is 11.9 Å². The molecule has 1 aliphatic carbocycles. The molecule has 0 saturated carbocycles. The third kappa shape index (κ3) is 7.57. The SMILES string of the molecule is CS(=O)(=O)N1CCc2c(c(-c3ccc(Cl)c(-c4cccc(C(=O)NCCNc5cccc6c5CCC6)c4)c3)nn2CCCN2CCCC2)C1. The zero-order valence-electron chi connectivity index (χ0n) is 28.2. The number of carbonyl (C=O) groups excluding carboxylic acids is 1. The van der Waals surface area contributed by atoms with E-state index in [2.05, 4.69) is 38.4 Å². The van der Waals surface area contributed by atoms with Crippen LogP contribution in [0, 0.1) is 0 Å². The van der Waals surface area contributed by atoms with Crippen LogP contribution in [0.25, 0.3) is 22.4 Å². The fraction of sp³-hybridized carbons (Fsp3) is 0.421. The summed E-state index contributed by atoms with van der Waals surface area (Å²) in [7, 11) is -3.36. The third-order valence-electron chi connectivity index (χ3n) is 10.2. The average Bonchev–Trinajstić information content (AvgIpc) is 3.88. The summed E-state index contributed by atoms with van der Waals surface area (Å²) in [5.74, 6) is -0.142. The number of anilines is 1. The van der Waals surface area contributed by atoms with Crippen molar-refractivity contribution in [3.8, 4) is 22.4 Å². The zero-order valence-corrected chi connectivity index (χ0v) is 29.8. The van der Waals surface area contributed by atoms with Crippen molar-refractivity contribution in [1.29, 1.82) is 0 Å². The maximum atomic E-state index is 13.2. The van der Waals surface area contributed by atoms with Gasteiger partial charge in [0.25, 0.3) is 5.91 Å². The highest BCUT2D eigenvalue weighted by molar-refractivity contribution is 7.88. The number of nitrogens with one attached hydrogen (secondary N) is 2. The number of benzene rings is 3. The lowest BCUT2D eigenvalue weighted by molar-refractivity contribution is 0.0955. The van der Waals surface area contributed by atoms with E-state index in [4.69, 9.17) is 16.7 Å². The molecule has 0 atom stereocenters. The van der Waals surface area contributed by atoms with E-state index in [9.17, 15) is 13.2 Å². The summed E-state index contributed by atoms with van der Waals surface area (Å²) in [6.45, 7) is 6.04. The lowest BCUT2D eigenvalue weighted by Gasteiger charge is -2.26. The molecule has 2 N–H and O–H groups in total. The number of aromatic nitrogens is 2.